The van der Waals surface area contributed by atoms with Crippen molar-refractivity contribution in [1.29, 1.82) is 0 Å². The molecule has 0 spiro atoms. The van der Waals surface area contributed by atoms with Crippen molar-refractivity contribution in [3.8, 4) is 0 Å². The van der Waals surface area contributed by atoms with Gasteiger partial charge < -0.3 is 10.3 Å². The number of aromatic amines is 1. The highest BCUT2D eigenvalue weighted by Gasteiger charge is 2.35. The topological polar surface area (TPSA) is 66.5 Å². The molecule has 0 saturated carbocycles. The van der Waals surface area contributed by atoms with Crippen LogP contribution in [0.2, 0.25) is 0 Å². The highest BCUT2D eigenvalue weighted by Crippen LogP contribution is 2.34. The van der Waals surface area contributed by atoms with Gasteiger partial charge in [-0.3, -0.25) is 0 Å². The van der Waals surface area contributed by atoms with Crippen molar-refractivity contribution in [2.75, 3.05) is 5.32 Å². The second kappa shape index (κ2) is 4.92. The number of aromatic nitrogens is 4. The van der Waals surface area contributed by atoms with Gasteiger partial charge in [0.05, 0.1) is 6.04 Å². The number of hydrogen-bond acceptors (Lipinski definition) is 5. The number of nitrogens with one attached hydrogen (secondary N) is 2. The molecule has 0 aliphatic rings. The van der Waals surface area contributed by atoms with Crippen molar-refractivity contribution < 1.29 is 13.2 Å². The summed E-state index contributed by atoms with van der Waals surface area (Å²) in [4.78, 5) is 6.96. The van der Waals surface area contributed by atoms with Gasteiger partial charge in [0.2, 0.25) is 10.1 Å². The van der Waals surface area contributed by atoms with E-state index < -0.39 is 11.2 Å². The summed E-state index contributed by atoms with van der Waals surface area (Å²) in [5.41, 5.74) is 0. The molecular formula is C9H10F3N5S. The molecular weight excluding hydrogens is 267 g/mol. The summed E-state index contributed by atoms with van der Waals surface area (Å²) in [6.07, 6.45) is -0.555. The molecule has 1 atom stereocenters. The Labute approximate surface area is 104 Å². The van der Waals surface area contributed by atoms with Crippen LogP contribution in [0.3, 0.4) is 0 Å². The maximum absolute atomic E-state index is 12.4. The Morgan fingerprint density at radius 1 is 1.44 bits per heavy atom. The first-order valence-corrected chi connectivity index (χ1v) is 5.99. The van der Waals surface area contributed by atoms with Crippen molar-refractivity contribution in [3.63, 3.8) is 0 Å². The van der Waals surface area contributed by atoms with Gasteiger partial charge in [0.1, 0.15) is 5.82 Å². The third kappa shape index (κ3) is 2.78. The predicted octanol–water partition coefficient (Wildman–Crippen LogP) is 2.84. The van der Waals surface area contributed by atoms with Crippen LogP contribution in [0.4, 0.5) is 18.3 Å². The van der Waals surface area contributed by atoms with E-state index in [1.165, 1.54) is 0 Å². The number of nitrogens with zero attached hydrogens (tertiary/aromatic N) is 3. The molecule has 9 heteroatoms. The highest BCUT2D eigenvalue weighted by molar-refractivity contribution is 7.15. The maximum atomic E-state index is 12.4. The van der Waals surface area contributed by atoms with E-state index in [0.29, 0.717) is 23.6 Å². The molecule has 2 heterocycles. The van der Waals surface area contributed by atoms with Crippen LogP contribution >= 0.6 is 11.3 Å². The Hall–Kier alpha value is -1.64. The van der Waals surface area contributed by atoms with Crippen LogP contribution in [0.15, 0.2) is 12.4 Å². The van der Waals surface area contributed by atoms with Gasteiger partial charge >= 0.3 is 6.18 Å². The summed E-state index contributed by atoms with van der Waals surface area (Å²) in [6, 6.07) is -0.214. The van der Waals surface area contributed by atoms with Crippen LogP contribution in [-0.4, -0.2) is 20.2 Å². The molecule has 0 fully saturated rings. The number of halogens is 3. The summed E-state index contributed by atoms with van der Waals surface area (Å²) in [5, 5.41) is 8.63. The van der Waals surface area contributed by atoms with Gasteiger partial charge in [-0.25, -0.2) is 4.98 Å². The molecule has 0 aliphatic heterocycles. The average molecular weight is 277 g/mol. The lowest BCUT2D eigenvalue weighted by Gasteiger charge is -2.12. The molecule has 0 aliphatic carbocycles. The van der Waals surface area contributed by atoms with E-state index in [9.17, 15) is 13.2 Å². The summed E-state index contributed by atoms with van der Waals surface area (Å²) in [6.45, 7) is 1.89. The smallest absolute Gasteiger partial charge is 0.350 e. The summed E-state index contributed by atoms with van der Waals surface area (Å²) < 4.78 is 37.1. The fraction of sp³-hybridized carbons (Fsp3) is 0.444. The number of imidazole rings is 1. The molecule has 98 valence electrons. The molecule has 0 saturated heterocycles. The second-order valence-electron chi connectivity index (χ2n) is 3.49. The number of rotatable bonds is 4. The first kappa shape index (κ1) is 12.8. The third-order valence-corrected chi connectivity index (χ3v) is 3.12. The fourth-order valence-corrected chi connectivity index (χ4v) is 2.04. The minimum atomic E-state index is -4.45. The first-order valence-electron chi connectivity index (χ1n) is 5.17. The zero-order valence-electron chi connectivity index (χ0n) is 9.32. The number of anilines is 1. The van der Waals surface area contributed by atoms with Gasteiger partial charge in [0.15, 0.2) is 0 Å². The number of hydrogen-bond donors (Lipinski definition) is 2. The fourth-order valence-electron chi connectivity index (χ4n) is 1.38. The standard InChI is InChI=1S/C9H10F3N5S/c1-2-5(6-13-3-4-14-6)15-8-17-16-7(18-8)9(10,11)12/h3-5H,2H2,1H3,(H,13,14)(H,15,17). The van der Waals surface area contributed by atoms with Crippen molar-refractivity contribution >= 4 is 16.5 Å². The van der Waals surface area contributed by atoms with Gasteiger partial charge in [-0.05, 0) is 6.42 Å². The zero-order valence-corrected chi connectivity index (χ0v) is 10.1. The minimum Gasteiger partial charge on any atom is -0.350 e. The lowest BCUT2D eigenvalue weighted by molar-refractivity contribution is -0.138. The predicted molar refractivity (Wildman–Crippen MR) is 60.2 cm³/mol. The molecule has 2 aromatic rings. The minimum absolute atomic E-state index is 0.130. The second-order valence-corrected chi connectivity index (χ2v) is 4.47. The average Bonchev–Trinajstić information content (AvgIpc) is 2.95. The molecule has 2 aromatic heterocycles. The van der Waals surface area contributed by atoms with E-state index in [1.807, 2.05) is 6.92 Å². The molecule has 0 aromatic carbocycles. The van der Waals surface area contributed by atoms with Gasteiger partial charge in [-0.2, -0.15) is 13.2 Å². The van der Waals surface area contributed by atoms with E-state index in [-0.39, 0.29) is 11.2 Å². The summed E-state index contributed by atoms with van der Waals surface area (Å²) >= 11 is 0.481. The van der Waals surface area contributed by atoms with Gasteiger partial charge in [-0.1, -0.05) is 18.3 Å². The van der Waals surface area contributed by atoms with Crippen LogP contribution in [0.1, 0.15) is 30.2 Å². The van der Waals surface area contributed by atoms with Gasteiger partial charge in [0.25, 0.3) is 0 Å². The number of alkyl halides is 3. The molecule has 0 amide bonds. The summed E-state index contributed by atoms with van der Waals surface area (Å²) in [5.74, 6) is 0.654. The van der Waals surface area contributed by atoms with Crippen molar-refractivity contribution in [3.05, 3.63) is 23.2 Å². The normalized spacial score (nSPS) is 13.6. The largest absolute Gasteiger partial charge is 0.445 e. The van der Waals surface area contributed by atoms with E-state index >= 15 is 0 Å². The van der Waals surface area contributed by atoms with Gasteiger partial charge in [-0.15, -0.1) is 10.2 Å². The Kier molecular flexibility index (Phi) is 3.50. The zero-order chi connectivity index (χ0) is 13.2. The van der Waals surface area contributed by atoms with Crippen LogP contribution in [-0.2, 0) is 6.18 Å². The Morgan fingerprint density at radius 3 is 2.72 bits per heavy atom. The molecule has 2 N–H and O–H groups in total. The van der Waals surface area contributed by atoms with E-state index in [0.717, 1.165) is 0 Å². The quantitative estimate of drug-likeness (QED) is 0.901. The van der Waals surface area contributed by atoms with Gasteiger partial charge in [0, 0.05) is 12.4 Å². The van der Waals surface area contributed by atoms with Crippen molar-refractivity contribution in [1.82, 2.24) is 20.2 Å². The summed E-state index contributed by atoms with van der Waals surface area (Å²) in [7, 11) is 0. The van der Waals surface area contributed by atoms with E-state index in [4.69, 9.17) is 0 Å². The molecule has 0 radical (unpaired) electrons. The SMILES string of the molecule is CCC(Nc1nnc(C(F)(F)F)s1)c1ncc[nH]1. The molecule has 1 unspecified atom stereocenters. The van der Waals surface area contributed by atoms with Crippen LogP contribution < -0.4 is 5.32 Å². The number of H-pyrrole nitrogens is 1. The first-order chi connectivity index (χ1) is 8.50. The van der Waals surface area contributed by atoms with Crippen LogP contribution in [0.5, 0.6) is 0 Å². The van der Waals surface area contributed by atoms with Crippen molar-refractivity contribution in [2.24, 2.45) is 0 Å². The van der Waals surface area contributed by atoms with Crippen molar-refractivity contribution in [2.45, 2.75) is 25.6 Å². The van der Waals surface area contributed by atoms with Crippen LogP contribution in [0, 0.1) is 0 Å². The van der Waals surface area contributed by atoms with E-state index in [1.54, 1.807) is 12.4 Å². The molecule has 5 nitrogen and oxygen atoms in total. The van der Waals surface area contributed by atoms with Crippen LogP contribution in [0.25, 0.3) is 0 Å². The van der Waals surface area contributed by atoms with E-state index in [2.05, 4.69) is 25.5 Å². The lowest BCUT2D eigenvalue weighted by atomic mass is 10.2. The molecule has 0 bridgehead atoms. The highest BCUT2D eigenvalue weighted by atomic mass is 32.1. The molecule has 2 rings (SSSR count). The third-order valence-electron chi connectivity index (χ3n) is 2.22. The monoisotopic (exact) mass is 277 g/mol. The molecule has 18 heavy (non-hydrogen) atoms. The Bertz CT molecular complexity index is 493. The Morgan fingerprint density at radius 2 is 2.22 bits per heavy atom. The lowest BCUT2D eigenvalue weighted by Crippen LogP contribution is -2.11. The Balaban J connectivity index is 2.11. The maximum Gasteiger partial charge on any atom is 0.445 e.